The molecule has 1 aliphatic heterocycles. The van der Waals surface area contributed by atoms with Crippen molar-refractivity contribution in [2.24, 2.45) is 5.41 Å². The van der Waals surface area contributed by atoms with Gasteiger partial charge in [-0.3, -0.25) is 9.59 Å². The maximum Gasteiger partial charge on any atom is 0.240 e. The Morgan fingerprint density at radius 3 is 2.19 bits per heavy atom. The standard InChI is InChI=1S/C15H16Cl2N2O2/c16-10-4-3-5-11(17)12(10)18-13(20)15(6-7-15)14(21)19-8-1-2-9-19/h3-5H,1-2,6-9H2,(H,18,20). The van der Waals surface area contributed by atoms with E-state index in [1.54, 1.807) is 23.1 Å². The topological polar surface area (TPSA) is 49.4 Å². The Kier molecular flexibility index (Phi) is 3.84. The smallest absolute Gasteiger partial charge is 0.240 e. The fourth-order valence-electron chi connectivity index (χ4n) is 2.74. The van der Waals surface area contributed by atoms with Crippen molar-refractivity contribution in [3.05, 3.63) is 28.2 Å². The highest BCUT2D eigenvalue weighted by molar-refractivity contribution is 6.40. The first-order valence-electron chi connectivity index (χ1n) is 7.09. The summed E-state index contributed by atoms with van der Waals surface area (Å²) >= 11 is 12.1. The Hall–Kier alpha value is -1.26. The van der Waals surface area contributed by atoms with Crippen molar-refractivity contribution in [3.8, 4) is 0 Å². The van der Waals surface area contributed by atoms with Crippen molar-refractivity contribution in [3.63, 3.8) is 0 Å². The lowest BCUT2D eigenvalue weighted by molar-refractivity contribution is -0.141. The minimum Gasteiger partial charge on any atom is -0.342 e. The summed E-state index contributed by atoms with van der Waals surface area (Å²) in [4.78, 5) is 26.8. The Morgan fingerprint density at radius 2 is 1.67 bits per heavy atom. The average molecular weight is 327 g/mol. The maximum atomic E-state index is 12.5. The number of hydrogen-bond donors (Lipinski definition) is 1. The Bertz CT molecular complexity index is 573. The summed E-state index contributed by atoms with van der Waals surface area (Å²) in [6.45, 7) is 1.50. The molecule has 2 amide bonds. The van der Waals surface area contributed by atoms with Crippen molar-refractivity contribution in [1.29, 1.82) is 0 Å². The lowest BCUT2D eigenvalue weighted by Crippen LogP contribution is -2.41. The number of anilines is 1. The third-order valence-electron chi connectivity index (χ3n) is 4.19. The van der Waals surface area contributed by atoms with Crippen LogP contribution in [0.4, 0.5) is 5.69 Å². The summed E-state index contributed by atoms with van der Waals surface area (Å²) in [7, 11) is 0. The summed E-state index contributed by atoms with van der Waals surface area (Å²) < 4.78 is 0. The molecule has 2 aliphatic rings. The molecule has 112 valence electrons. The molecule has 1 aromatic rings. The molecule has 21 heavy (non-hydrogen) atoms. The van der Waals surface area contributed by atoms with E-state index >= 15 is 0 Å². The van der Waals surface area contributed by atoms with Gasteiger partial charge in [0.1, 0.15) is 5.41 Å². The SMILES string of the molecule is O=C(Nc1c(Cl)cccc1Cl)C1(C(=O)N2CCCC2)CC1. The van der Waals surface area contributed by atoms with Gasteiger partial charge in [-0.2, -0.15) is 0 Å². The molecule has 1 N–H and O–H groups in total. The van der Waals surface area contributed by atoms with Crippen LogP contribution >= 0.6 is 23.2 Å². The van der Waals surface area contributed by atoms with Crippen LogP contribution in [0.1, 0.15) is 25.7 Å². The van der Waals surface area contributed by atoms with Gasteiger partial charge in [0.05, 0.1) is 15.7 Å². The number of carbonyl (C=O) groups is 2. The molecule has 3 rings (SSSR count). The van der Waals surface area contributed by atoms with Gasteiger partial charge in [0.25, 0.3) is 0 Å². The molecule has 1 aromatic carbocycles. The number of amides is 2. The zero-order valence-electron chi connectivity index (χ0n) is 11.5. The van der Waals surface area contributed by atoms with E-state index in [1.165, 1.54) is 0 Å². The van der Waals surface area contributed by atoms with E-state index in [0.717, 1.165) is 25.9 Å². The van der Waals surface area contributed by atoms with Gasteiger partial charge in [-0.1, -0.05) is 29.3 Å². The number of likely N-dealkylation sites (tertiary alicyclic amines) is 1. The van der Waals surface area contributed by atoms with E-state index in [9.17, 15) is 9.59 Å². The Labute approximate surface area is 133 Å². The van der Waals surface area contributed by atoms with E-state index in [2.05, 4.69) is 5.32 Å². The minimum atomic E-state index is -0.910. The van der Waals surface area contributed by atoms with Crippen LogP contribution in [0.25, 0.3) is 0 Å². The summed E-state index contributed by atoms with van der Waals surface area (Å²) in [5.41, 5.74) is -0.529. The lowest BCUT2D eigenvalue weighted by atomic mass is 10.0. The molecule has 0 bridgehead atoms. The van der Waals surface area contributed by atoms with Crippen molar-refractivity contribution in [2.75, 3.05) is 18.4 Å². The molecule has 1 saturated carbocycles. The number of benzene rings is 1. The summed E-state index contributed by atoms with van der Waals surface area (Å²) in [5.74, 6) is -0.352. The highest BCUT2D eigenvalue weighted by Crippen LogP contribution is 2.49. The van der Waals surface area contributed by atoms with Gasteiger partial charge in [-0.15, -0.1) is 0 Å². The normalized spacial score (nSPS) is 19.4. The van der Waals surface area contributed by atoms with Crippen LogP contribution in [0, 0.1) is 5.41 Å². The first-order valence-corrected chi connectivity index (χ1v) is 7.85. The van der Waals surface area contributed by atoms with Crippen molar-refractivity contribution in [2.45, 2.75) is 25.7 Å². The maximum absolute atomic E-state index is 12.5. The third kappa shape index (κ3) is 2.62. The zero-order chi connectivity index (χ0) is 15.0. The fraction of sp³-hybridized carbons (Fsp3) is 0.467. The Morgan fingerprint density at radius 1 is 1.10 bits per heavy atom. The number of para-hydroxylation sites is 1. The number of rotatable bonds is 3. The van der Waals surface area contributed by atoms with Crippen LogP contribution in [-0.4, -0.2) is 29.8 Å². The average Bonchev–Trinajstić information content (AvgIpc) is 3.09. The van der Waals surface area contributed by atoms with E-state index in [0.29, 0.717) is 28.6 Å². The molecule has 0 radical (unpaired) electrons. The summed E-state index contributed by atoms with van der Waals surface area (Å²) in [6.07, 6.45) is 3.21. The van der Waals surface area contributed by atoms with Crippen LogP contribution in [0.5, 0.6) is 0 Å². The van der Waals surface area contributed by atoms with Crippen LogP contribution < -0.4 is 5.32 Å². The van der Waals surface area contributed by atoms with E-state index in [-0.39, 0.29) is 11.8 Å². The van der Waals surface area contributed by atoms with Gasteiger partial charge in [-0.25, -0.2) is 0 Å². The predicted octanol–water partition coefficient (Wildman–Crippen LogP) is 3.33. The second-order valence-corrected chi connectivity index (χ2v) is 6.45. The number of hydrogen-bond acceptors (Lipinski definition) is 2. The van der Waals surface area contributed by atoms with Crippen molar-refractivity contribution in [1.82, 2.24) is 4.90 Å². The Balaban J connectivity index is 1.77. The highest BCUT2D eigenvalue weighted by Gasteiger charge is 2.58. The largest absolute Gasteiger partial charge is 0.342 e. The van der Waals surface area contributed by atoms with Crippen LogP contribution in [0.15, 0.2) is 18.2 Å². The van der Waals surface area contributed by atoms with Gasteiger partial charge in [0.15, 0.2) is 0 Å². The van der Waals surface area contributed by atoms with Gasteiger partial charge >= 0.3 is 0 Å². The number of carbonyl (C=O) groups excluding carboxylic acids is 2. The predicted molar refractivity (Wildman–Crippen MR) is 82.6 cm³/mol. The minimum absolute atomic E-state index is 0.0549. The van der Waals surface area contributed by atoms with E-state index in [1.807, 2.05) is 0 Å². The molecule has 0 atom stereocenters. The molecular formula is C15H16Cl2N2O2. The number of halogens is 2. The van der Waals surface area contributed by atoms with Crippen LogP contribution in [0.3, 0.4) is 0 Å². The highest BCUT2D eigenvalue weighted by atomic mass is 35.5. The monoisotopic (exact) mass is 326 g/mol. The molecule has 6 heteroatoms. The summed E-state index contributed by atoms with van der Waals surface area (Å²) in [6, 6.07) is 5.03. The lowest BCUT2D eigenvalue weighted by Gasteiger charge is -2.22. The molecule has 1 aliphatic carbocycles. The van der Waals surface area contributed by atoms with Crippen molar-refractivity contribution >= 4 is 40.7 Å². The fourth-order valence-corrected chi connectivity index (χ4v) is 3.23. The first-order chi connectivity index (χ1) is 10.0. The number of nitrogens with zero attached hydrogens (tertiary/aromatic N) is 1. The molecule has 0 aromatic heterocycles. The molecule has 0 spiro atoms. The van der Waals surface area contributed by atoms with E-state index < -0.39 is 5.41 Å². The van der Waals surface area contributed by atoms with Gasteiger partial charge in [0, 0.05) is 13.1 Å². The van der Waals surface area contributed by atoms with E-state index in [4.69, 9.17) is 23.2 Å². The second-order valence-electron chi connectivity index (χ2n) is 5.63. The molecule has 1 heterocycles. The quantitative estimate of drug-likeness (QED) is 0.866. The second kappa shape index (κ2) is 5.50. The van der Waals surface area contributed by atoms with Gasteiger partial charge < -0.3 is 10.2 Å². The van der Waals surface area contributed by atoms with Gasteiger partial charge in [-0.05, 0) is 37.8 Å². The molecular weight excluding hydrogens is 311 g/mol. The molecule has 1 saturated heterocycles. The van der Waals surface area contributed by atoms with Gasteiger partial charge in [0.2, 0.25) is 11.8 Å². The molecule has 0 unspecified atom stereocenters. The molecule has 2 fully saturated rings. The van der Waals surface area contributed by atoms with Crippen LogP contribution in [0.2, 0.25) is 10.0 Å². The molecule has 4 nitrogen and oxygen atoms in total. The number of nitrogens with one attached hydrogen (secondary N) is 1. The van der Waals surface area contributed by atoms with Crippen molar-refractivity contribution < 1.29 is 9.59 Å². The van der Waals surface area contributed by atoms with Crippen LogP contribution in [-0.2, 0) is 9.59 Å². The zero-order valence-corrected chi connectivity index (χ0v) is 13.0. The summed E-state index contributed by atoms with van der Waals surface area (Å²) in [5, 5.41) is 3.49. The third-order valence-corrected chi connectivity index (χ3v) is 4.82. The first kappa shape index (κ1) is 14.7.